The summed E-state index contributed by atoms with van der Waals surface area (Å²) in [6.45, 7) is 1.38. The average Bonchev–Trinajstić information content (AvgIpc) is 2.75. The summed E-state index contributed by atoms with van der Waals surface area (Å²) < 4.78 is 14.6. The van der Waals surface area contributed by atoms with E-state index in [0.717, 1.165) is 30.6 Å². The molecule has 9 nitrogen and oxygen atoms in total. The molecule has 31 heavy (non-hydrogen) atoms. The lowest BCUT2D eigenvalue weighted by atomic mass is 9.99. The van der Waals surface area contributed by atoms with Crippen LogP contribution in [0.15, 0.2) is 36.4 Å². The lowest BCUT2D eigenvalue weighted by molar-refractivity contribution is 0.0995. The van der Waals surface area contributed by atoms with Crippen LogP contribution in [0.25, 0.3) is 0 Å². The van der Waals surface area contributed by atoms with E-state index in [0.29, 0.717) is 11.3 Å². The molecular formula is C21H22FN7O2. The van der Waals surface area contributed by atoms with Gasteiger partial charge in [0.15, 0.2) is 11.5 Å². The second kappa shape index (κ2) is 8.62. The topological polar surface area (TPSA) is 129 Å². The number of benzene rings is 2. The SMILES string of the molecule is CN1CCc2cc(F)c(Nc3nnc(C(N)=O)c(Nc4ccccc4CO)n3)cc2C1. The zero-order valence-corrected chi connectivity index (χ0v) is 16.9. The molecule has 2 heterocycles. The lowest BCUT2D eigenvalue weighted by Gasteiger charge is -2.25. The molecule has 0 spiro atoms. The van der Waals surface area contributed by atoms with Crippen LogP contribution in [0.3, 0.4) is 0 Å². The number of fused-ring (bicyclic) bond motifs is 1. The van der Waals surface area contributed by atoms with Gasteiger partial charge in [-0.2, -0.15) is 4.98 Å². The predicted octanol–water partition coefficient (Wildman–Crippen LogP) is 2.08. The number of nitrogens with two attached hydrogens (primary N) is 1. The maximum Gasteiger partial charge on any atom is 0.273 e. The number of carbonyl (C=O) groups excluding carboxylic acids is 1. The summed E-state index contributed by atoms with van der Waals surface area (Å²) in [7, 11) is 2.01. The van der Waals surface area contributed by atoms with Crippen LogP contribution in [0.5, 0.6) is 0 Å². The maximum atomic E-state index is 14.6. The normalized spacial score (nSPS) is 13.5. The van der Waals surface area contributed by atoms with Crippen molar-refractivity contribution in [3.05, 3.63) is 64.6 Å². The highest BCUT2D eigenvalue weighted by Crippen LogP contribution is 2.27. The molecule has 1 aromatic heterocycles. The number of amides is 1. The number of halogens is 1. The van der Waals surface area contributed by atoms with Crippen molar-refractivity contribution in [2.24, 2.45) is 5.73 Å². The number of hydrogen-bond donors (Lipinski definition) is 4. The minimum Gasteiger partial charge on any atom is -0.392 e. The second-order valence-electron chi connectivity index (χ2n) is 7.35. The molecule has 4 rings (SSSR count). The zero-order chi connectivity index (χ0) is 22.0. The van der Waals surface area contributed by atoms with Gasteiger partial charge in [0, 0.05) is 24.3 Å². The molecule has 0 bridgehead atoms. The number of aromatic nitrogens is 3. The van der Waals surface area contributed by atoms with E-state index in [4.69, 9.17) is 5.73 Å². The number of carbonyl (C=O) groups is 1. The zero-order valence-electron chi connectivity index (χ0n) is 16.9. The summed E-state index contributed by atoms with van der Waals surface area (Å²) in [4.78, 5) is 18.2. The quantitative estimate of drug-likeness (QED) is 0.474. The summed E-state index contributed by atoms with van der Waals surface area (Å²) >= 11 is 0. The Bertz CT molecular complexity index is 1140. The Morgan fingerprint density at radius 3 is 2.77 bits per heavy atom. The Morgan fingerprint density at radius 1 is 1.19 bits per heavy atom. The Hall–Kier alpha value is -3.63. The standard InChI is InChI=1S/C21H22FN7O2/c1-29-7-6-12-8-15(22)17(9-14(12)10-29)25-21-26-20(18(19(23)31)27-28-21)24-16-5-3-2-4-13(16)11-30/h2-5,8-9,30H,6-7,10-11H2,1H3,(H2,23,31)(H2,24,25,26,28). The van der Waals surface area contributed by atoms with Crippen molar-refractivity contribution < 1.29 is 14.3 Å². The van der Waals surface area contributed by atoms with E-state index in [-0.39, 0.29) is 29.8 Å². The van der Waals surface area contributed by atoms with E-state index in [2.05, 4.69) is 30.7 Å². The minimum atomic E-state index is -0.821. The number of anilines is 4. The molecule has 160 valence electrons. The third-order valence-electron chi connectivity index (χ3n) is 5.10. The monoisotopic (exact) mass is 423 g/mol. The first-order valence-electron chi connectivity index (χ1n) is 9.71. The molecule has 0 aliphatic carbocycles. The van der Waals surface area contributed by atoms with Gasteiger partial charge in [-0.25, -0.2) is 4.39 Å². The highest BCUT2D eigenvalue weighted by atomic mass is 19.1. The van der Waals surface area contributed by atoms with E-state index in [9.17, 15) is 14.3 Å². The molecule has 1 aliphatic heterocycles. The van der Waals surface area contributed by atoms with Gasteiger partial charge >= 0.3 is 0 Å². The van der Waals surface area contributed by atoms with Crippen LogP contribution < -0.4 is 16.4 Å². The van der Waals surface area contributed by atoms with Crippen LogP contribution >= 0.6 is 0 Å². The highest BCUT2D eigenvalue weighted by molar-refractivity contribution is 5.96. The van der Waals surface area contributed by atoms with Gasteiger partial charge in [-0.05, 0) is 42.8 Å². The van der Waals surface area contributed by atoms with Gasteiger partial charge in [-0.3, -0.25) is 4.79 Å². The van der Waals surface area contributed by atoms with Crippen molar-refractivity contribution >= 4 is 29.0 Å². The van der Waals surface area contributed by atoms with Crippen molar-refractivity contribution in [1.82, 2.24) is 20.1 Å². The van der Waals surface area contributed by atoms with E-state index in [1.54, 1.807) is 30.3 Å². The van der Waals surface area contributed by atoms with E-state index < -0.39 is 11.7 Å². The van der Waals surface area contributed by atoms with Crippen LogP contribution in [0.4, 0.5) is 27.5 Å². The number of nitrogens with zero attached hydrogens (tertiary/aromatic N) is 4. The van der Waals surface area contributed by atoms with Crippen LogP contribution in [-0.2, 0) is 19.6 Å². The molecule has 3 aromatic rings. The third kappa shape index (κ3) is 4.44. The summed E-state index contributed by atoms with van der Waals surface area (Å²) in [6, 6.07) is 10.2. The molecule has 10 heteroatoms. The van der Waals surface area contributed by atoms with Gasteiger partial charge in [0.05, 0.1) is 12.3 Å². The van der Waals surface area contributed by atoms with E-state index >= 15 is 0 Å². The molecule has 1 aliphatic rings. The first-order valence-corrected chi connectivity index (χ1v) is 9.71. The van der Waals surface area contributed by atoms with Gasteiger partial charge in [-0.1, -0.05) is 18.2 Å². The van der Waals surface area contributed by atoms with Crippen LogP contribution in [-0.4, -0.2) is 44.7 Å². The molecule has 0 fully saturated rings. The third-order valence-corrected chi connectivity index (χ3v) is 5.10. The molecule has 0 saturated carbocycles. The number of aliphatic hydroxyl groups is 1. The first kappa shape index (κ1) is 20.6. The smallest absolute Gasteiger partial charge is 0.273 e. The van der Waals surface area contributed by atoms with E-state index in [1.165, 1.54) is 6.07 Å². The molecule has 0 saturated heterocycles. The number of para-hydroxylation sites is 1. The summed E-state index contributed by atoms with van der Waals surface area (Å²) in [5.41, 5.74) is 8.56. The maximum absolute atomic E-state index is 14.6. The second-order valence-corrected chi connectivity index (χ2v) is 7.35. The Kier molecular flexibility index (Phi) is 5.74. The molecule has 2 aromatic carbocycles. The fourth-order valence-corrected chi connectivity index (χ4v) is 3.48. The summed E-state index contributed by atoms with van der Waals surface area (Å²) in [5, 5.41) is 23.0. The number of primary amides is 1. The van der Waals surface area contributed by atoms with Gasteiger partial charge in [0.2, 0.25) is 5.95 Å². The lowest BCUT2D eigenvalue weighted by Crippen LogP contribution is -2.26. The number of rotatable bonds is 6. The minimum absolute atomic E-state index is 0.00278. The molecule has 0 unspecified atom stereocenters. The summed E-state index contributed by atoms with van der Waals surface area (Å²) in [6.07, 6.45) is 0.784. The number of aliphatic hydroxyl groups excluding tert-OH is 1. The van der Waals surface area contributed by atoms with Gasteiger partial charge in [0.25, 0.3) is 5.91 Å². The van der Waals surface area contributed by atoms with Crippen molar-refractivity contribution in [2.45, 2.75) is 19.6 Å². The Morgan fingerprint density at radius 2 is 2.00 bits per heavy atom. The fourth-order valence-electron chi connectivity index (χ4n) is 3.48. The number of hydrogen-bond acceptors (Lipinski definition) is 8. The number of likely N-dealkylation sites (N-methyl/N-ethyl adjacent to an activating group) is 1. The van der Waals surface area contributed by atoms with Crippen LogP contribution in [0.2, 0.25) is 0 Å². The van der Waals surface area contributed by atoms with Crippen LogP contribution in [0.1, 0.15) is 27.2 Å². The fraction of sp³-hybridized carbons (Fsp3) is 0.238. The molecular weight excluding hydrogens is 401 g/mol. The summed E-state index contributed by atoms with van der Waals surface area (Å²) in [5.74, 6) is -1.20. The van der Waals surface area contributed by atoms with Gasteiger partial charge < -0.3 is 26.4 Å². The van der Waals surface area contributed by atoms with Crippen LogP contribution in [0, 0.1) is 5.82 Å². The van der Waals surface area contributed by atoms with Crippen molar-refractivity contribution in [2.75, 3.05) is 24.2 Å². The average molecular weight is 423 g/mol. The number of nitrogens with one attached hydrogen (secondary N) is 2. The van der Waals surface area contributed by atoms with E-state index in [1.807, 2.05) is 7.05 Å². The molecule has 0 atom stereocenters. The largest absolute Gasteiger partial charge is 0.392 e. The Balaban J connectivity index is 1.66. The first-order chi connectivity index (χ1) is 14.9. The molecule has 5 N–H and O–H groups in total. The molecule has 1 amide bonds. The van der Waals surface area contributed by atoms with Gasteiger partial charge in [0.1, 0.15) is 5.82 Å². The van der Waals surface area contributed by atoms with Crippen molar-refractivity contribution in [3.63, 3.8) is 0 Å². The highest BCUT2D eigenvalue weighted by Gasteiger charge is 2.19. The predicted molar refractivity (Wildman–Crippen MR) is 114 cm³/mol. The molecule has 0 radical (unpaired) electrons. The van der Waals surface area contributed by atoms with Gasteiger partial charge in [-0.15, -0.1) is 10.2 Å². The van der Waals surface area contributed by atoms with Crippen molar-refractivity contribution in [3.8, 4) is 0 Å². The van der Waals surface area contributed by atoms with Crippen molar-refractivity contribution in [1.29, 1.82) is 0 Å². The Labute approximate surface area is 178 Å².